The standard InChI is InChI=1S/C10H10ClN5O3S/c1-16-5-6(2-7(16)10(12)17)20(18,19)15-9-4-13-3-8(11)14-9/h2-5H,1H3,(H2,12,17)(H,14,15). The number of hydrogen-bond acceptors (Lipinski definition) is 5. The molecule has 2 heterocycles. The van der Waals surface area contributed by atoms with Gasteiger partial charge in [-0.25, -0.2) is 13.4 Å². The predicted octanol–water partition coefficient (Wildman–Crippen LogP) is 0.368. The van der Waals surface area contributed by atoms with Crippen molar-refractivity contribution in [1.29, 1.82) is 0 Å². The van der Waals surface area contributed by atoms with Crippen LogP contribution in [0.2, 0.25) is 5.15 Å². The van der Waals surface area contributed by atoms with Crippen LogP contribution < -0.4 is 10.5 Å². The smallest absolute Gasteiger partial charge is 0.265 e. The number of primary amides is 1. The summed E-state index contributed by atoms with van der Waals surface area (Å²) in [5.74, 6) is -0.751. The van der Waals surface area contributed by atoms with Crippen LogP contribution in [-0.4, -0.2) is 28.9 Å². The second kappa shape index (κ2) is 5.10. The summed E-state index contributed by atoms with van der Waals surface area (Å²) in [6, 6.07) is 1.17. The van der Waals surface area contributed by atoms with E-state index in [1.807, 2.05) is 0 Å². The van der Waals surface area contributed by atoms with E-state index in [2.05, 4.69) is 14.7 Å². The molecular weight excluding hydrogens is 306 g/mol. The van der Waals surface area contributed by atoms with Crippen LogP contribution in [0, 0.1) is 0 Å². The Kier molecular flexibility index (Phi) is 3.64. The first-order chi connectivity index (χ1) is 9.29. The second-order valence-corrected chi connectivity index (χ2v) is 5.94. The van der Waals surface area contributed by atoms with Gasteiger partial charge in [0.1, 0.15) is 15.7 Å². The highest BCUT2D eigenvalue weighted by molar-refractivity contribution is 7.92. The number of anilines is 1. The van der Waals surface area contributed by atoms with Crippen LogP contribution >= 0.6 is 11.6 Å². The fourth-order valence-electron chi connectivity index (χ4n) is 1.51. The van der Waals surface area contributed by atoms with Crippen LogP contribution in [0.5, 0.6) is 0 Å². The molecule has 0 bridgehead atoms. The summed E-state index contributed by atoms with van der Waals surface area (Å²) in [6.45, 7) is 0. The van der Waals surface area contributed by atoms with Crippen molar-refractivity contribution in [3.63, 3.8) is 0 Å². The van der Waals surface area contributed by atoms with E-state index in [9.17, 15) is 13.2 Å². The molecule has 0 atom stereocenters. The lowest BCUT2D eigenvalue weighted by Crippen LogP contribution is -2.14. The third-order valence-electron chi connectivity index (χ3n) is 2.39. The number of amides is 1. The molecule has 0 saturated carbocycles. The maximum absolute atomic E-state index is 12.1. The highest BCUT2D eigenvalue weighted by atomic mass is 35.5. The Morgan fingerprint density at radius 1 is 1.45 bits per heavy atom. The molecule has 10 heteroatoms. The number of nitrogens with two attached hydrogens (primary N) is 1. The van der Waals surface area contributed by atoms with E-state index in [1.165, 1.54) is 36.3 Å². The van der Waals surface area contributed by atoms with E-state index in [0.717, 1.165) is 0 Å². The third kappa shape index (κ3) is 2.89. The number of nitrogens with one attached hydrogen (secondary N) is 1. The Bertz CT molecular complexity index is 771. The van der Waals surface area contributed by atoms with Gasteiger partial charge in [0, 0.05) is 13.2 Å². The van der Waals surface area contributed by atoms with Gasteiger partial charge in [0.05, 0.1) is 12.4 Å². The highest BCUT2D eigenvalue weighted by Gasteiger charge is 2.20. The first-order valence-electron chi connectivity index (χ1n) is 5.26. The van der Waals surface area contributed by atoms with Crippen molar-refractivity contribution in [2.24, 2.45) is 12.8 Å². The molecule has 20 heavy (non-hydrogen) atoms. The van der Waals surface area contributed by atoms with Gasteiger partial charge in [-0.15, -0.1) is 0 Å². The summed E-state index contributed by atoms with van der Waals surface area (Å²) in [4.78, 5) is 18.5. The van der Waals surface area contributed by atoms with E-state index >= 15 is 0 Å². The van der Waals surface area contributed by atoms with E-state index in [0.29, 0.717) is 0 Å². The number of aromatic nitrogens is 3. The molecule has 1 amide bonds. The lowest BCUT2D eigenvalue weighted by molar-refractivity contribution is 0.0992. The number of rotatable bonds is 4. The molecule has 0 spiro atoms. The zero-order valence-electron chi connectivity index (χ0n) is 10.2. The average molecular weight is 316 g/mol. The first-order valence-corrected chi connectivity index (χ1v) is 7.12. The van der Waals surface area contributed by atoms with Gasteiger partial charge in [-0.2, -0.15) is 0 Å². The fraction of sp³-hybridized carbons (Fsp3) is 0.100. The molecule has 3 N–H and O–H groups in total. The molecule has 0 saturated heterocycles. The van der Waals surface area contributed by atoms with Crippen molar-refractivity contribution in [2.45, 2.75) is 4.90 Å². The van der Waals surface area contributed by atoms with Gasteiger partial charge < -0.3 is 10.3 Å². The van der Waals surface area contributed by atoms with Crippen molar-refractivity contribution in [1.82, 2.24) is 14.5 Å². The summed E-state index contributed by atoms with van der Waals surface area (Å²) in [5, 5.41) is 0.0519. The zero-order valence-corrected chi connectivity index (χ0v) is 11.8. The predicted molar refractivity (Wildman–Crippen MR) is 71.8 cm³/mol. The van der Waals surface area contributed by atoms with Crippen LogP contribution in [0.1, 0.15) is 10.5 Å². The molecule has 2 aromatic heterocycles. The maximum Gasteiger partial charge on any atom is 0.265 e. The van der Waals surface area contributed by atoms with Crippen LogP contribution in [0.15, 0.2) is 29.6 Å². The van der Waals surface area contributed by atoms with Crippen LogP contribution in [0.4, 0.5) is 5.82 Å². The topological polar surface area (TPSA) is 120 Å². The van der Waals surface area contributed by atoms with Crippen LogP contribution in [0.3, 0.4) is 0 Å². The Morgan fingerprint density at radius 2 is 2.15 bits per heavy atom. The number of aryl methyl sites for hydroxylation is 1. The third-order valence-corrected chi connectivity index (χ3v) is 3.89. The van der Waals surface area contributed by atoms with Crippen molar-refractivity contribution >= 4 is 33.3 Å². The number of carbonyl (C=O) groups is 1. The lowest BCUT2D eigenvalue weighted by atomic mass is 10.4. The molecule has 106 valence electrons. The minimum atomic E-state index is -3.91. The van der Waals surface area contributed by atoms with Crippen LogP contribution in [-0.2, 0) is 17.1 Å². The van der Waals surface area contributed by atoms with Crippen molar-refractivity contribution in [3.05, 3.63) is 35.5 Å². The first kappa shape index (κ1) is 14.3. The summed E-state index contributed by atoms with van der Waals surface area (Å²) < 4.78 is 27.8. The fourth-order valence-corrected chi connectivity index (χ4v) is 2.72. The molecule has 2 aromatic rings. The minimum Gasteiger partial charge on any atom is -0.364 e. The number of halogens is 1. The Morgan fingerprint density at radius 3 is 2.70 bits per heavy atom. The van der Waals surface area contributed by atoms with Gasteiger partial charge in [0.15, 0.2) is 5.82 Å². The molecule has 0 unspecified atom stereocenters. The summed E-state index contributed by atoms with van der Waals surface area (Å²) in [5.41, 5.74) is 5.20. The second-order valence-electron chi connectivity index (χ2n) is 3.87. The van der Waals surface area contributed by atoms with Crippen molar-refractivity contribution in [3.8, 4) is 0 Å². The summed E-state index contributed by atoms with van der Waals surface area (Å²) in [6.07, 6.45) is 3.74. The van der Waals surface area contributed by atoms with Gasteiger partial charge in [0.2, 0.25) is 0 Å². The molecule has 8 nitrogen and oxygen atoms in total. The lowest BCUT2D eigenvalue weighted by Gasteiger charge is -2.04. The molecule has 0 aliphatic rings. The van der Waals surface area contributed by atoms with Gasteiger partial charge in [0.25, 0.3) is 15.9 Å². The van der Waals surface area contributed by atoms with Crippen LogP contribution in [0.25, 0.3) is 0 Å². The van der Waals surface area contributed by atoms with Gasteiger partial charge in [-0.3, -0.25) is 14.5 Å². The van der Waals surface area contributed by atoms with Gasteiger partial charge in [-0.1, -0.05) is 11.6 Å². The molecule has 2 rings (SSSR count). The quantitative estimate of drug-likeness (QED) is 0.844. The van der Waals surface area contributed by atoms with Gasteiger partial charge >= 0.3 is 0 Å². The Hall–Kier alpha value is -2.13. The van der Waals surface area contributed by atoms with E-state index in [4.69, 9.17) is 17.3 Å². The van der Waals surface area contributed by atoms with E-state index < -0.39 is 15.9 Å². The number of sulfonamides is 1. The van der Waals surface area contributed by atoms with E-state index in [1.54, 1.807) is 0 Å². The molecule has 0 aliphatic heterocycles. The Labute approximate surface area is 119 Å². The SMILES string of the molecule is Cn1cc(S(=O)(=O)Nc2cncc(Cl)n2)cc1C(N)=O. The molecular formula is C10H10ClN5O3S. The largest absolute Gasteiger partial charge is 0.364 e. The van der Waals surface area contributed by atoms with E-state index in [-0.39, 0.29) is 21.6 Å². The number of carbonyl (C=O) groups excluding carboxylic acids is 1. The molecule has 0 aromatic carbocycles. The zero-order chi connectivity index (χ0) is 14.9. The Balaban J connectivity index is 2.36. The molecule has 0 fully saturated rings. The van der Waals surface area contributed by atoms with Crippen molar-refractivity contribution in [2.75, 3.05) is 4.72 Å². The number of hydrogen-bond donors (Lipinski definition) is 2. The maximum atomic E-state index is 12.1. The minimum absolute atomic E-state index is 0.0259. The summed E-state index contributed by atoms with van der Waals surface area (Å²) in [7, 11) is -2.39. The summed E-state index contributed by atoms with van der Waals surface area (Å²) >= 11 is 5.62. The molecule has 0 aliphatic carbocycles. The molecule has 0 radical (unpaired) electrons. The highest BCUT2D eigenvalue weighted by Crippen LogP contribution is 2.17. The monoisotopic (exact) mass is 315 g/mol. The normalized spacial score (nSPS) is 11.3. The number of nitrogens with zero attached hydrogens (tertiary/aromatic N) is 3. The van der Waals surface area contributed by atoms with Gasteiger partial charge in [-0.05, 0) is 6.07 Å². The van der Waals surface area contributed by atoms with Crippen molar-refractivity contribution < 1.29 is 13.2 Å². The average Bonchev–Trinajstić information content (AvgIpc) is 2.71.